The molecule has 60 valence electrons. The van der Waals surface area contributed by atoms with Gasteiger partial charge in [0.05, 0.1) is 0 Å². The Morgan fingerprint density at radius 1 is 1.33 bits per heavy atom. The fraction of sp³-hybridized carbons (Fsp3) is 1.00. The minimum absolute atomic E-state index is 0. The third-order valence-electron chi connectivity index (χ3n) is 0.714. The molecule has 0 aromatic carbocycles. The van der Waals surface area contributed by atoms with Crippen molar-refractivity contribution >= 4 is 45.2 Å². The van der Waals surface area contributed by atoms with Crippen LogP contribution in [-0.2, 0) is 21.1 Å². The Kier molecular flexibility index (Phi) is 10.2. The van der Waals surface area contributed by atoms with E-state index in [4.69, 9.17) is 11.5 Å². The summed E-state index contributed by atoms with van der Waals surface area (Å²) in [5, 5.41) is 0. The van der Waals surface area contributed by atoms with E-state index in [2.05, 4.69) is 45.2 Å². The van der Waals surface area contributed by atoms with Crippen molar-refractivity contribution < 1.29 is 21.1 Å². The first-order chi connectivity index (χ1) is 3.56. The van der Waals surface area contributed by atoms with Crippen molar-refractivity contribution in [3.8, 4) is 0 Å². The summed E-state index contributed by atoms with van der Waals surface area (Å²) in [6.07, 6.45) is 2.01. The summed E-state index contributed by atoms with van der Waals surface area (Å²) in [6.45, 7) is 0.741. The number of halogens is 2. The number of alkyl halides is 2. The monoisotopic (exact) mass is 535 g/mol. The summed E-state index contributed by atoms with van der Waals surface area (Å²) < 4.78 is -0.0884. The van der Waals surface area contributed by atoms with Crippen molar-refractivity contribution in [3.63, 3.8) is 0 Å². The molecule has 0 heterocycles. The average Bonchev–Trinajstić information content (AvgIpc) is 1.59. The van der Waals surface area contributed by atoms with Crippen LogP contribution in [0, 0.1) is 0 Å². The molecule has 0 rings (SSSR count). The molecule has 0 spiro atoms. The van der Waals surface area contributed by atoms with Crippen LogP contribution >= 0.6 is 45.2 Å². The van der Waals surface area contributed by atoms with Crippen LogP contribution in [0.15, 0.2) is 0 Å². The maximum Gasteiger partial charge on any atom is 0.120 e. The molecule has 0 aromatic rings. The quantitative estimate of drug-likeness (QED) is 0.325. The van der Waals surface area contributed by atoms with E-state index >= 15 is 0 Å². The predicted molar refractivity (Wildman–Crippen MR) is 53.2 cm³/mol. The minimum atomic E-state index is -0.0884. The van der Waals surface area contributed by atoms with E-state index in [1.807, 2.05) is 0 Å². The van der Waals surface area contributed by atoms with E-state index in [0.29, 0.717) is 0 Å². The Morgan fingerprint density at radius 2 is 1.78 bits per heavy atom. The second kappa shape index (κ2) is 6.76. The van der Waals surface area contributed by atoms with Crippen LogP contribution in [0.4, 0.5) is 0 Å². The van der Waals surface area contributed by atoms with Gasteiger partial charge >= 0.3 is 0 Å². The molecule has 4 N–H and O–H groups in total. The molecule has 0 atom stereocenters. The molecule has 0 aliphatic heterocycles. The Hall–Kier alpha value is 2.07. The maximum atomic E-state index is 5.64. The smallest absolute Gasteiger partial charge is 0.120 e. The zero-order valence-corrected chi connectivity index (χ0v) is 11.4. The van der Waals surface area contributed by atoms with E-state index in [-0.39, 0.29) is 22.6 Å². The van der Waals surface area contributed by atoms with Crippen LogP contribution in [0.3, 0.4) is 0 Å². The molecule has 0 amide bonds. The summed E-state index contributed by atoms with van der Waals surface area (Å²) in [5.74, 6) is 0. The molecule has 0 aliphatic rings. The summed E-state index contributed by atoms with van der Waals surface area (Å²) in [4.78, 5) is 0. The van der Waals surface area contributed by atoms with Gasteiger partial charge in [0.2, 0.25) is 0 Å². The van der Waals surface area contributed by atoms with Crippen molar-refractivity contribution in [3.05, 3.63) is 0 Å². The van der Waals surface area contributed by atoms with Gasteiger partial charge in [-0.2, -0.15) is 0 Å². The minimum Gasteiger partial charge on any atom is -0.330 e. The first-order valence-corrected chi connectivity index (χ1v) is 4.59. The van der Waals surface area contributed by atoms with Gasteiger partial charge in [-0.3, -0.25) is 0 Å². The molecule has 0 saturated carbocycles. The first-order valence-electron chi connectivity index (χ1n) is 2.43. The summed E-state index contributed by atoms with van der Waals surface area (Å²) in [7, 11) is 0. The summed E-state index contributed by atoms with van der Waals surface area (Å²) in [5.41, 5.74) is 10.9. The van der Waals surface area contributed by atoms with Crippen LogP contribution < -0.4 is 11.5 Å². The standard InChI is InChI=1S/C4H10I2N2.Pt/c5-4(6,8)2-1-3-7;/h1-3,7-8H2;. The van der Waals surface area contributed by atoms with E-state index in [9.17, 15) is 0 Å². The number of hydrogen-bond acceptors (Lipinski definition) is 2. The topological polar surface area (TPSA) is 52.0 Å². The normalized spacial score (nSPS) is 10.7. The van der Waals surface area contributed by atoms with Crippen molar-refractivity contribution in [2.75, 3.05) is 6.54 Å². The second-order valence-corrected chi connectivity index (χ2v) is 7.57. The fourth-order valence-corrected chi connectivity index (χ4v) is 1.10. The van der Waals surface area contributed by atoms with Gasteiger partial charge in [-0.05, 0) is 64.6 Å². The molecule has 9 heavy (non-hydrogen) atoms. The zero-order chi connectivity index (χ0) is 6.62. The van der Waals surface area contributed by atoms with E-state index in [1.165, 1.54) is 0 Å². The molecule has 0 bridgehead atoms. The van der Waals surface area contributed by atoms with E-state index in [0.717, 1.165) is 19.4 Å². The van der Waals surface area contributed by atoms with Gasteiger partial charge in [-0.15, -0.1) is 0 Å². The molecule has 0 saturated heterocycles. The fourth-order valence-electron chi connectivity index (χ4n) is 0.338. The molecule has 2 nitrogen and oxygen atoms in total. The van der Waals surface area contributed by atoms with Crippen molar-refractivity contribution in [1.82, 2.24) is 0 Å². The van der Waals surface area contributed by atoms with Gasteiger partial charge in [-0.25, -0.2) is 0 Å². The van der Waals surface area contributed by atoms with Crippen LogP contribution in [0.25, 0.3) is 0 Å². The molecular formula is C4H10I2N2Pt. The Labute approximate surface area is 97.4 Å². The van der Waals surface area contributed by atoms with Gasteiger partial charge in [0, 0.05) is 21.1 Å². The SMILES string of the molecule is NCCCC(N)(I)I.[Pt]. The summed E-state index contributed by atoms with van der Waals surface area (Å²) in [6, 6.07) is 0. The van der Waals surface area contributed by atoms with Gasteiger partial charge in [0.25, 0.3) is 0 Å². The molecule has 0 aromatic heterocycles. The number of nitrogens with two attached hydrogens (primary N) is 2. The van der Waals surface area contributed by atoms with Crippen LogP contribution in [0.2, 0.25) is 0 Å². The first kappa shape index (κ1) is 13.6. The van der Waals surface area contributed by atoms with Gasteiger partial charge in [0.1, 0.15) is 1.55 Å². The van der Waals surface area contributed by atoms with Crippen LogP contribution in [0.1, 0.15) is 12.8 Å². The van der Waals surface area contributed by atoms with E-state index < -0.39 is 0 Å². The van der Waals surface area contributed by atoms with Crippen LogP contribution in [-0.4, -0.2) is 8.10 Å². The average molecular weight is 535 g/mol. The zero-order valence-electron chi connectivity index (χ0n) is 4.85. The molecule has 0 radical (unpaired) electrons. The van der Waals surface area contributed by atoms with Crippen molar-refractivity contribution in [2.24, 2.45) is 11.5 Å². The van der Waals surface area contributed by atoms with E-state index in [1.54, 1.807) is 0 Å². The van der Waals surface area contributed by atoms with Gasteiger partial charge in [-0.1, -0.05) is 0 Å². The molecule has 0 fully saturated rings. The van der Waals surface area contributed by atoms with Crippen LogP contribution in [0.5, 0.6) is 0 Å². The molecule has 0 aliphatic carbocycles. The summed E-state index contributed by atoms with van der Waals surface area (Å²) >= 11 is 4.42. The van der Waals surface area contributed by atoms with Gasteiger partial charge in [0.15, 0.2) is 0 Å². The van der Waals surface area contributed by atoms with Crippen molar-refractivity contribution in [2.45, 2.75) is 14.4 Å². The van der Waals surface area contributed by atoms with Gasteiger partial charge < -0.3 is 11.5 Å². The maximum absolute atomic E-state index is 5.64. The molecule has 0 unspecified atom stereocenters. The molecular weight excluding hydrogens is 525 g/mol. The Morgan fingerprint density at radius 3 is 1.89 bits per heavy atom. The van der Waals surface area contributed by atoms with Crippen molar-refractivity contribution in [1.29, 1.82) is 0 Å². The second-order valence-electron chi connectivity index (χ2n) is 1.65. The third kappa shape index (κ3) is 13.1. The third-order valence-corrected chi connectivity index (χ3v) is 1.79. The Bertz CT molecular complexity index is 64.1. The molecule has 5 heteroatoms. The number of hydrogen-bond donors (Lipinski definition) is 2. The Balaban J connectivity index is 0. The largest absolute Gasteiger partial charge is 0.330 e. The predicted octanol–water partition coefficient (Wildman–Crippen LogP) is 1.21. The number of rotatable bonds is 3.